The number of likely N-dealkylation sites (N-methyl/N-ethyl adjacent to an activating group) is 1. The Balaban J connectivity index is 1.25. The molecule has 4 saturated carbocycles. The van der Waals surface area contributed by atoms with E-state index in [1.54, 1.807) is 6.42 Å². The predicted octanol–water partition coefficient (Wildman–Crippen LogP) is 1.67. The molecule has 0 bridgehead atoms. The van der Waals surface area contributed by atoms with Crippen LogP contribution in [0.1, 0.15) is 44.9 Å². The highest BCUT2D eigenvalue weighted by atomic mass is 15.3. The summed E-state index contributed by atoms with van der Waals surface area (Å²) in [5.74, 6) is 3.19. The van der Waals surface area contributed by atoms with Crippen molar-refractivity contribution in [2.45, 2.75) is 75.2 Å². The lowest BCUT2D eigenvalue weighted by Gasteiger charge is -2.41. The Morgan fingerprint density at radius 3 is 2.60 bits per heavy atom. The van der Waals surface area contributed by atoms with E-state index in [1.165, 1.54) is 45.1 Å². The first kappa shape index (κ1) is 12.4. The van der Waals surface area contributed by atoms with E-state index in [0.29, 0.717) is 12.1 Å². The van der Waals surface area contributed by atoms with Crippen molar-refractivity contribution >= 4 is 0 Å². The highest BCUT2D eigenvalue weighted by Crippen LogP contribution is 2.55. The molecule has 5 fully saturated rings. The summed E-state index contributed by atoms with van der Waals surface area (Å²) in [7, 11) is 2.34. The van der Waals surface area contributed by atoms with Gasteiger partial charge in [-0.25, -0.2) is 0 Å². The number of nitrogens with zero attached hydrogens (tertiary/aromatic N) is 2. The van der Waals surface area contributed by atoms with Gasteiger partial charge in [-0.15, -0.1) is 0 Å². The van der Waals surface area contributed by atoms with Gasteiger partial charge in [0.25, 0.3) is 0 Å². The molecule has 0 aromatic rings. The van der Waals surface area contributed by atoms with Crippen molar-refractivity contribution in [1.29, 1.82) is 0 Å². The number of likely N-dealkylation sites (tertiary alicyclic amines) is 1. The van der Waals surface area contributed by atoms with Crippen LogP contribution in [0, 0.1) is 17.8 Å². The summed E-state index contributed by atoms with van der Waals surface area (Å²) in [5.41, 5.74) is 6.05. The van der Waals surface area contributed by atoms with Crippen molar-refractivity contribution in [2.75, 3.05) is 13.6 Å². The molecule has 1 heterocycles. The second-order valence-corrected chi connectivity index (χ2v) is 8.35. The number of piperidine rings is 1. The highest BCUT2D eigenvalue weighted by Gasteiger charge is 2.57. The number of fused-ring (bicyclic) bond motifs is 2. The number of nitrogens with two attached hydrogens (primary N) is 1. The number of rotatable bonds is 3. The van der Waals surface area contributed by atoms with Crippen LogP contribution >= 0.6 is 0 Å². The molecule has 4 aliphatic carbocycles. The molecule has 0 aromatic heterocycles. The van der Waals surface area contributed by atoms with E-state index in [9.17, 15) is 0 Å². The van der Waals surface area contributed by atoms with Gasteiger partial charge in [0.15, 0.2) is 0 Å². The zero-order valence-corrected chi connectivity index (χ0v) is 12.7. The maximum absolute atomic E-state index is 6.05. The van der Waals surface area contributed by atoms with Gasteiger partial charge < -0.3 is 5.73 Å². The Hall–Kier alpha value is -0.120. The van der Waals surface area contributed by atoms with Gasteiger partial charge in [-0.1, -0.05) is 12.8 Å². The van der Waals surface area contributed by atoms with Crippen molar-refractivity contribution in [3.63, 3.8) is 0 Å². The average molecular weight is 275 g/mol. The van der Waals surface area contributed by atoms with Crippen LogP contribution in [-0.4, -0.2) is 53.6 Å². The van der Waals surface area contributed by atoms with Gasteiger partial charge >= 0.3 is 0 Å². The Morgan fingerprint density at radius 2 is 1.80 bits per heavy atom. The molecule has 20 heavy (non-hydrogen) atoms. The lowest BCUT2D eigenvalue weighted by Crippen LogP contribution is -2.50. The first-order valence-electron chi connectivity index (χ1n) is 8.97. The fraction of sp³-hybridized carbons (Fsp3) is 1.00. The molecule has 0 aromatic carbocycles. The third kappa shape index (κ3) is 1.82. The molecule has 0 spiro atoms. The lowest BCUT2D eigenvalue weighted by atomic mass is 9.91. The predicted molar refractivity (Wildman–Crippen MR) is 80.4 cm³/mol. The van der Waals surface area contributed by atoms with Crippen LogP contribution in [0.25, 0.3) is 0 Å². The van der Waals surface area contributed by atoms with Crippen molar-refractivity contribution in [3.8, 4) is 0 Å². The topological polar surface area (TPSA) is 32.5 Å². The molecular formula is C17H29N3. The maximum Gasteiger partial charge on any atom is 0.0263 e. The summed E-state index contributed by atoms with van der Waals surface area (Å²) in [4.78, 5) is 5.60. The van der Waals surface area contributed by atoms with Gasteiger partial charge in [0.05, 0.1) is 0 Å². The van der Waals surface area contributed by atoms with Crippen LogP contribution in [0.4, 0.5) is 0 Å². The molecule has 112 valence electrons. The number of hydrogen-bond donors (Lipinski definition) is 1. The van der Waals surface area contributed by atoms with Gasteiger partial charge in [-0.3, -0.25) is 9.80 Å². The van der Waals surface area contributed by atoms with Crippen molar-refractivity contribution in [3.05, 3.63) is 0 Å². The zero-order valence-electron chi connectivity index (χ0n) is 12.7. The fourth-order valence-corrected chi connectivity index (χ4v) is 5.78. The van der Waals surface area contributed by atoms with Crippen LogP contribution in [0.2, 0.25) is 0 Å². The molecule has 5 aliphatic rings. The molecule has 0 radical (unpaired) electrons. The fourth-order valence-electron chi connectivity index (χ4n) is 5.78. The van der Waals surface area contributed by atoms with Crippen LogP contribution in [-0.2, 0) is 0 Å². The van der Waals surface area contributed by atoms with Crippen molar-refractivity contribution in [2.24, 2.45) is 23.5 Å². The normalized spacial score (nSPS) is 57.1. The van der Waals surface area contributed by atoms with Crippen LogP contribution in [0.5, 0.6) is 0 Å². The van der Waals surface area contributed by atoms with Crippen LogP contribution in [0.3, 0.4) is 0 Å². The van der Waals surface area contributed by atoms with E-state index in [1.807, 2.05) is 0 Å². The molecule has 0 amide bonds. The SMILES string of the molecule is CN(C1CC1N)C1CCN(C2CCCC3CC32)C2CC12. The van der Waals surface area contributed by atoms with Gasteiger partial charge in [-0.05, 0) is 56.9 Å². The lowest BCUT2D eigenvalue weighted by molar-refractivity contribution is 0.0651. The van der Waals surface area contributed by atoms with E-state index in [2.05, 4.69) is 16.8 Å². The monoisotopic (exact) mass is 275 g/mol. The minimum atomic E-state index is 0.473. The van der Waals surface area contributed by atoms with Crippen LogP contribution in [0.15, 0.2) is 0 Å². The molecule has 5 rings (SSSR count). The Morgan fingerprint density at radius 1 is 0.950 bits per heavy atom. The largest absolute Gasteiger partial charge is 0.326 e. The zero-order chi connectivity index (χ0) is 13.4. The summed E-state index contributed by atoms with van der Waals surface area (Å²) in [6, 6.07) is 3.93. The first-order chi connectivity index (χ1) is 9.74. The summed E-state index contributed by atoms with van der Waals surface area (Å²) in [6.07, 6.45) is 10.2. The average Bonchev–Trinajstić information content (AvgIpc) is 3.31. The minimum Gasteiger partial charge on any atom is -0.326 e. The molecular weight excluding hydrogens is 246 g/mol. The second kappa shape index (κ2) is 4.21. The van der Waals surface area contributed by atoms with Crippen LogP contribution < -0.4 is 5.73 Å². The minimum absolute atomic E-state index is 0.473. The molecule has 8 atom stereocenters. The third-order valence-electron chi connectivity index (χ3n) is 7.23. The maximum atomic E-state index is 6.05. The van der Waals surface area contributed by atoms with E-state index in [-0.39, 0.29) is 0 Å². The van der Waals surface area contributed by atoms with Crippen molar-refractivity contribution in [1.82, 2.24) is 9.80 Å². The van der Waals surface area contributed by atoms with E-state index in [0.717, 1.165) is 35.9 Å². The Kier molecular flexibility index (Phi) is 2.61. The summed E-state index contributed by atoms with van der Waals surface area (Å²) >= 11 is 0. The molecule has 3 nitrogen and oxygen atoms in total. The van der Waals surface area contributed by atoms with E-state index in [4.69, 9.17) is 5.73 Å². The third-order valence-corrected chi connectivity index (χ3v) is 7.23. The van der Waals surface area contributed by atoms with Gasteiger partial charge in [0, 0.05) is 36.8 Å². The standard InChI is InChI=1S/C17H29N3/c1-19(17-9-13(17)18)14-5-6-20(16-8-12(14)16)15-4-2-3-10-7-11(10)15/h10-17H,2-9,18H2,1H3. The van der Waals surface area contributed by atoms with E-state index < -0.39 is 0 Å². The quantitative estimate of drug-likeness (QED) is 0.850. The molecule has 2 N–H and O–H groups in total. The summed E-state index contributed by atoms with van der Waals surface area (Å²) in [6.45, 7) is 1.37. The Labute approximate surface area is 122 Å². The van der Waals surface area contributed by atoms with Gasteiger partial charge in [0.2, 0.25) is 0 Å². The molecule has 1 aliphatic heterocycles. The summed E-state index contributed by atoms with van der Waals surface area (Å²) in [5, 5.41) is 0. The molecule has 3 heteroatoms. The Bertz CT molecular complexity index is 411. The highest BCUT2D eigenvalue weighted by molar-refractivity contribution is 5.12. The van der Waals surface area contributed by atoms with Gasteiger partial charge in [0.1, 0.15) is 0 Å². The second-order valence-electron chi connectivity index (χ2n) is 8.35. The smallest absolute Gasteiger partial charge is 0.0263 e. The molecule has 1 saturated heterocycles. The molecule has 8 unspecified atom stereocenters. The summed E-state index contributed by atoms with van der Waals surface area (Å²) < 4.78 is 0. The van der Waals surface area contributed by atoms with Gasteiger partial charge in [-0.2, -0.15) is 0 Å². The van der Waals surface area contributed by atoms with E-state index >= 15 is 0 Å². The number of hydrogen-bond acceptors (Lipinski definition) is 3. The first-order valence-corrected chi connectivity index (χ1v) is 8.97. The van der Waals surface area contributed by atoms with Crippen molar-refractivity contribution < 1.29 is 0 Å².